The molecule has 5 nitrogen and oxygen atoms in total. The van der Waals surface area contributed by atoms with E-state index in [1.54, 1.807) is 0 Å². The molecule has 0 saturated carbocycles. The Morgan fingerprint density at radius 1 is 0.365 bits per heavy atom. The van der Waals surface area contributed by atoms with Gasteiger partial charge in [0, 0.05) is 59.4 Å². The first-order chi connectivity index (χ1) is 64.6. The molecule has 4 aliphatic carbocycles. The standard InChI is InChI=1S/C128H123B2N4OS2/c1-118(2,3)67-36-45-74(46-37-67)131-94-64-91-79(61-82(94)104-102-76-32-28-30-34-88(76)127(24,25)108(102)106-83-56-69(120(7,8)9)41-50-95(83)132-112-86-57-70(121(10,11)12)43-52-100(86)136-116(112)129-110(104)114(106)132)78-59-72(40-49-90(78)126(91,22)23)125(20,21)73-42-51-96-84(60-73)107-109-103(77-33-29-31-35-89(77)128(109,26)27)105-85-62-80-81-63-92-93(124(18,19)55-54-123(92,16)17)65-98(81)135-99(80)66-97(85)134(75-47-38-68(39-48-75)119(4,5)6)130-111(105)115(107)133(96)113-87-58-71(122(13,14)15)44-53-101(87)137-117(113)130/h28-53,56-66,131H,54-55H2,1-27H3/q+1. The Morgan fingerprint density at radius 3 is 1.48 bits per heavy atom. The normalized spacial score (nSPS) is 16.5. The van der Waals surface area contributed by atoms with Crippen molar-refractivity contribution in [2.45, 2.75) is 259 Å². The number of nitrogens with one attached hydrogen (secondary N) is 1. The van der Waals surface area contributed by atoms with Gasteiger partial charge in [-0.25, -0.2) is 0 Å². The number of thiophene rings is 2. The predicted molar refractivity (Wildman–Crippen MR) is 593 cm³/mol. The van der Waals surface area contributed by atoms with Crippen molar-refractivity contribution in [2.24, 2.45) is 0 Å². The third kappa shape index (κ3) is 11.6. The fourth-order valence-corrected chi connectivity index (χ4v) is 28.9. The summed E-state index contributed by atoms with van der Waals surface area (Å²) in [5.74, 6) is 0. The molecule has 6 aromatic heterocycles. The van der Waals surface area contributed by atoms with E-state index in [-0.39, 0.29) is 55.6 Å². The fraction of sp³-hybridized carbons (Fsp3) is 0.312. The second-order valence-electron chi connectivity index (χ2n) is 50.6. The average Bonchev–Trinajstić information content (AvgIpc) is 1.50. The molecule has 6 aliphatic rings. The van der Waals surface area contributed by atoms with Gasteiger partial charge >= 0.3 is 452 Å². The minimum absolute atomic E-state index is 0.00882. The molecule has 137 heavy (non-hydrogen) atoms. The molecule has 26 rings (SSSR count). The van der Waals surface area contributed by atoms with Crippen LogP contribution in [-0.2, 0) is 59.6 Å². The predicted octanol–water partition coefficient (Wildman–Crippen LogP) is 34.6. The van der Waals surface area contributed by atoms with Crippen molar-refractivity contribution in [2.75, 3.05) is 10.1 Å². The Balaban J connectivity index is 0.734. The number of nitrogens with zero attached hydrogens (tertiary/aromatic N) is 3. The number of hydrogen-bond acceptors (Lipinski definition) is 5. The zero-order chi connectivity index (χ0) is 95.4. The van der Waals surface area contributed by atoms with Crippen LogP contribution in [-0.4, -0.2) is 22.7 Å². The van der Waals surface area contributed by atoms with Gasteiger partial charge in [-0.2, -0.15) is 0 Å². The molecule has 0 unspecified atom stereocenters. The minimum atomic E-state index is -0.511. The van der Waals surface area contributed by atoms with Crippen LogP contribution in [0.5, 0.6) is 0 Å². The van der Waals surface area contributed by atoms with E-state index in [9.17, 15) is 0 Å². The van der Waals surface area contributed by atoms with Crippen molar-refractivity contribution in [3.63, 3.8) is 0 Å². The number of aromatic nitrogens is 2. The second-order valence-corrected chi connectivity index (χ2v) is 52.7. The van der Waals surface area contributed by atoms with Crippen LogP contribution in [0, 0.1) is 0 Å². The topological polar surface area (TPSA) is 37.8 Å². The van der Waals surface area contributed by atoms with Gasteiger partial charge in [0.15, 0.2) is 0 Å². The van der Waals surface area contributed by atoms with Crippen LogP contribution in [0.25, 0.3) is 162 Å². The van der Waals surface area contributed by atoms with Gasteiger partial charge in [-0.15, -0.1) is 11.3 Å². The summed E-state index contributed by atoms with van der Waals surface area (Å²) in [6, 6.07) is 91.0. The molecule has 1 N–H and O–H groups in total. The van der Waals surface area contributed by atoms with Crippen LogP contribution in [0.3, 0.4) is 0 Å². The van der Waals surface area contributed by atoms with E-state index in [2.05, 4.69) is 437 Å². The summed E-state index contributed by atoms with van der Waals surface area (Å²) >= 11 is 3.95. The molecule has 20 aromatic rings. The number of anilines is 4. The molecule has 0 saturated heterocycles. The first-order valence-electron chi connectivity index (χ1n) is 50.3. The van der Waals surface area contributed by atoms with E-state index in [1.165, 1.54) is 256 Å². The van der Waals surface area contributed by atoms with E-state index in [0.717, 1.165) is 35.4 Å². The van der Waals surface area contributed by atoms with Crippen LogP contribution in [0.2, 0.25) is 0 Å². The Hall–Kier alpha value is -11.9. The molecule has 0 radical (unpaired) electrons. The van der Waals surface area contributed by atoms with Gasteiger partial charge in [-0.1, -0.05) is 126 Å². The van der Waals surface area contributed by atoms with Crippen molar-refractivity contribution in [3.05, 3.63) is 308 Å². The molecule has 0 spiro atoms. The third-order valence-corrected chi connectivity index (χ3v) is 36.9. The van der Waals surface area contributed by atoms with Gasteiger partial charge in [0.25, 0.3) is 0 Å². The molecular weight excluding hydrogens is 1700 g/mol. The number of fused-ring (bicyclic) bond motifs is 33. The summed E-state index contributed by atoms with van der Waals surface area (Å²) in [5, 5.41) is 15.9. The maximum atomic E-state index is 7.45. The summed E-state index contributed by atoms with van der Waals surface area (Å²) in [6.45, 7) is 67.7. The zero-order valence-corrected chi connectivity index (χ0v) is 86.6. The SMILES string of the molecule is CC(C)(C)c1ccc(Nc2cc3c(cc2-c2c4c(c5c6cc(C(C)(C)C)ccc6n6c7c([b+]c2c56)sc2ccc(C(C)(C)C)cc27)C(C)(C)c2ccccc2-4)-c2cc(C(C)(C)c4ccc5c(c4)c4c6c(c7c8c4n5-c4c(sc5ccc(C(C)(C)C)cc45)B8N(c4ccc(C(C)(C)C)cc4)c4cc5oc8cc9c(cc8c5cc4-7)C(C)(C)CCC9(C)C)-c4ccccc4C6(C)C)ccc2C3(C)C)cc1. The van der Waals surface area contributed by atoms with E-state index >= 15 is 0 Å². The Bertz CT molecular complexity index is 8870. The fourth-order valence-electron chi connectivity index (χ4n) is 26.5. The monoisotopic (exact) mass is 1820 g/mol. The van der Waals surface area contributed by atoms with Gasteiger partial charge in [0.2, 0.25) is 0 Å². The number of rotatable bonds is 6. The Morgan fingerprint density at radius 2 is 0.854 bits per heavy atom. The van der Waals surface area contributed by atoms with Gasteiger partial charge < -0.3 is 13.8 Å². The number of benzene rings is 14. The Labute approximate surface area is 816 Å². The zero-order valence-electron chi connectivity index (χ0n) is 85.0. The summed E-state index contributed by atoms with van der Waals surface area (Å²) < 4.78 is 18.3. The number of hydrogen-bond donors (Lipinski definition) is 1. The van der Waals surface area contributed by atoms with Gasteiger partial charge in [0.1, 0.15) is 11.2 Å². The van der Waals surface area contributed by atoms with Crippen LogP contribution >= 0.6 is 22.7 Å². The molecule has 9 heteroatoms. The van der Waals surface area contributed by atoms with Crippen molar-refractivity contribution in [3.8, 4) is 61.3 Å². The first kappa shape index (κ1) is 85.5. The van der Waals surface area contributed by atoms with Crippen LogP contribution in [0.15, 0.2) is 229 Å². The van der Waals surface area contributed by atoms with Gasteiger partial charge in [-0.05, 0) is 133 Å². The van der Waals surface area contributed by atoms with Crippen molar-refractivity contribution in [1.82, 2.24) is 8.97 Å². The third-order valence-electron chi connectivity index (χ3n) is 34.6. The van der Waals surface area contributed by atoms with E-state index in [0.29, 0.717) is 0 Å². The van der Waals surface area contributed by atoms with Gasteiger partial charge in [0.05, 0.1) is 16.7 Å². The number of furan rings is 1. The molecule has 0 atom stereocenters. The van der Waals surface area contributed by atoms with Crippen molar-refractivity contribution >= 4 is 171 Å². The average molecular weight is 1820 g/mol. The molecule has 0 fully saturated rings. The van der Waals surface area contributed by atoms with E-state index in [1.807, 2.05) is 22.7 Å². The van der Waals surface area contributed by atoms with Crippen LogP contribution in [0.1, 0.15) is 283 Å². The van der Waals surface area contributed by atoms with E-state index in [4.69, 9.17) is 4.42 Å². The quantitative estimate of drug-likeness (QED) is 0.169. The molecule has 678 valence electrons. The summed E-state index contributed by atoms with van der Waals surface area (Å²) in [7, 11) is 0. The van der Waals surface area contributed by atoms with Crippen LogP contribution < -0.4 is 20.4 Å². The summed E-state index contributed by atoms with van der Waals surface area (Å²) in [6.07, 6.45) is 2.27. The second kappa shape index (κ2) is 27.2. The molecule has 8 heterocycles. The summed E-state index contributed by atoms with van der Waals surface area (Å²) in [4.78, 5) is 2.77. The molecule has 0 bridgehead atoms. The molecule has 2 aliphatic heterocycles. The van der Waals surface area contributed by atoms with Crippen molar-refractivity contribution in [1.29, 1.82) is 0 Å². The molecule has 14 aromatic carbocycles. The van der Waals surface area contributed by atoms with Crippen LogP contribution in [0.4, 0.5) is 22.7 Å². The summed E-state index contributed by atoms with van der Waals surface area (Å²) in [5.41, 5.74) is 46.9. The first-order valence-corrected chi connectivity index (χ1v) is 52.0. The van der Waals surface area contributed by atoms with Crippen molar-refractivity contribution < 1.29 is 4.42 Å². The molecular formula is C128H123B2N4OS2+. The molecule has 0 amide bonds. The Kier molecular flexibility index (Phi) is 17.0. The van der Waals surface area contributed by atoms with Gasteiger partial charge in [-0.3, -0.25) is 0 Å². The maximum absolute atomic E-state index is 7.45. The van der Waals surface area contributed by atoms with E-state index < -0.39 is 10.8 Å².